The fourth-order valence-corrected chi connectivity index (χ4v) is 1.90. The lowest BCUT2D eigenvalue weighted by Gasteiger charge is -2.16. The number of aromatic nitrogens is 2. The monoisotopic (exact) mass is 242 g/mol. The summed E-state index contributed by atoms with van der Waals surface area (Å²) >= 11 is 0. The van der Waals surface area contributed by atoms with Gasteiger partial charge < -0.3 is 10.6 Å². The van der Waals surface area contributed by atoms with Crippen LogP contribution in [0, 0.1) is 0 Å². The molecule has 4 heteroatoms. The summed E-state index contributed by atoms with van der Waals surface area (Å²) in [6, 6.07) is 10.0. The number of nitrogens with one attached hydrogen (secondary N) is 2. The molecule has 0 bridgehead atoms. The lowest BCUT2D eigenvalue weighted by Crippen LogP contribution is -2.06. The Hall–Kier alpha value is -2.10. The second kappa shape index (κ2) is 5.49. The van der Waals surface area contributed by atoms with Gasteiger partial charge in [-0.15, -0.1) is 0 Å². The van der Waals surface area contributed by atoms with E-state index in [9.17, 15) is 0 Å². The van der Waals surface area contributed by atoms with E-state index in [-0.39, 0.29) is 0 Å². The molecule has 4 nitrogen and oxygen atoms in total. The number of hydrogen-bond acceptors (Lipinski definition) is 4. The predicted molar refractivity (Wildman–Crippen MR) is 75.4 cm³/mol. The van der Waals surface area contributed by atoms with Crippen molar-refractivity contribution in [2.45, 2.75) is 19.8 Å². The summed E-state index contributed by atoms with van der Waals surface area (Å²) in [5.74, 6) is 2.08. The summed E-state index contributed by atoms with van der Waals surface area (Å²) in [6.45, 7) is 4.27. The molecule has 0 amide bonds. The van der Waals surface area contributed by atoms with Crippen molar-refractivity contribution >= 4 is 17.3 Å². The molecule has 0 saturated carbocycles. The van der Waals surface area contributed by atoms with Gasteiger partial charge in [0.2, 0.25) is 0 Å². The Morgan fingerprint density at radius 1 is 1.00 bits per heavy atom. The molecule has 0 spiro atoms. The number of nitrogens with zero attached hydrogens (tertiary/aromatic N) is 2. The number of benzene rings is 1. The van der Waals surface area contributed by atoms with Crippen molar-refractivity contribution in [3.8, 4) is 0 Å². The van der Waals surface area contributed by atoms with Gasteiger partial charge in [0.15, 0.2) is 0 Å². The molecular weight excluding hydrogens is 224 g/mol. The Bertz CT molecular complexity index is 508. The van der Waals surface area contributed by atoms with E-state index in [1.165, 1.54) is 0 Å². The third-order valence-corrected chi connectivity index (χ3v) is 2.73. The summed E-state index contributed by atoms with van der Waals surface area (Å²) in [7, 11) is 1.88. The quantitative estimate of drug-likeness (QED) is 0.863. The van der Waals surface area contributed by atoms with Gasteiger partial charge in [-0.05, 0) is 18.1 Å². The van der Waals surface area contributed by atoms with Crippen LogP contribution in [0.1, 0.15) is 25.3 Å². The first-order chi connectivity index (χ1) is 8.72. The highest BCUT2D eigenvalue weighted by Crippen LogP contribution is 2.29. The molecule has 0 aliphatic heterocycles. The number of rotatable bonds is 4. The summed E-state index contributed by atoms with van der Waals surface area (Å²) in [4.78, 5) is 8.60. The van der Waals surface area contributed by atoms with E-state index in [0.29, 0.717) is 5.92 Å². The van der Waals surface area contributed by atoms with Crippen LogP contribution in [0.3, 0.4) is 0 Å². The Labute approximate surface area is 107 Å². The molecule has 94 valence electrons. The van der Waals surface area contributed by atoms with Crippen molar-refractivity contribution < 1.29 is 0 Å². The van der Waals surface area contributed by atoms with Gasteiger partial charge in [0.25, 0.3) is 0 Å². The molecule has 1 aromatic carbocycles. The first-order valence-electron chi connectivity index (χ1n) is 6.07. The van der Waals surface area contributed by atoms with E-state index in [2.05, 4.69) is 34.4 Å². The molecule has 0 saturated heterocycles. The normalized spacial score (nSPS) is 10.4. The highest BCUT2D eigenvalue weighted by atomic mass is 15.1. The van der Waals surface area contributed by atoms with Crippen molar-refractivity contribution in [1.82, 2.24) is 9.97 Å². The first kappa shape index (κ1) is 12.4. The minimum Gasteiger partial charge on any atom is -0.373 e. The van der Waals surface area contributed by atoms with Crippen molar-refractivity contribution in [3.63, 3.8) is 0 Å². The second-order valence-electron chi connectivity index (χ2n) is 4.38. The lowest BCUT2D eigenvalue weighted by molar-refractivity contribution is 0.852. The van der Waals surface area contributed by atoms with Gasteiger partial charge in [-0.2, -0.15) is 0 Å². The molecule has 0 radical (unpaired) electrons. The van der Waals surface area contributed by atoms with E-state index in [4.69, 9.17) is 0 Å². The fourth-order valence-electron chi connectivity index (χ4n) is 1.90. The van der Waals surface area contributed by atoms with Crippen LogP contribution in [0.5, 0.6) is 0 Å². The zero-order valence-corrected chi connectivity index (χ0v) is 10.9. The maximum Gasteiger partial charge on any atom is 0.139 e. The zero-order valence-electron chi connectivity index (χ0n) is 10.9. The van der Waals surface area contributed by atoms with Crippen LogP contribution in [0.15, 0.2) is 36.7 Å². The molecule has 1 aromatic heterocycles. The van der Waals surface area contributed by atoms with Crippen LogP contribution in [0.25, 0.3) is 0 Å². The first-order valence-corrected chi connectivity index (χ1v) is 6.07. The van der Waals surface area contributed by atoms with Gasteiger partial charge >= 0.3 is 0 Å². The highest BCUT2D eigenvalue weighted by Gasteiger charge is 2.13. The summed E-state index contributed by atoms with van der Waals surface area (Å²) in [5.41, 5.74) is 2.13. The van der Waals surface area contributed by atoms with Crippen molar-refractivity contribution in [2.75, 3.05) is 17.7 Å². The van der Waals surface area contributed by atoms with Crippen LogP contribution in [-0.2, 0) is 0 Å². The molecule has 18 heavy (non-hydrogen) atoms. The number of anilines is 3. The molecule has 0 atom stereocenters. The van der Waals surface area contributed by atoms with Gasteiger partial charge in [0.1, 0.15) is 18.0 Å². The predicted octanol–water partition coefficient (Wildman–Crippen LogP) is 3.39. The molecule has 0 aliphatic rings. The maximum atomic E-state index is 4.34. The molecule has 2 rings (SSSR count). The third kappa shape index (κ3) is 2.59. The standard InChI is InChI=1S/C14H18N4/c1-10(2)12-13(15-3)16-9-17-14(12)18-11-7-5-4-6-8-11/h4-10H,1-3H3,(H2,15,16,17,18). The summed E-state index contributed by atoms with van der Waals surface area (Å²) < 4.78 is 0. The number of hydrogen-bond donors (Lipinski definition) is 2. The Morgan fingerprint density at radius 3 is 2.28 bits per heavy atom. The van der Waals surface area contributed by atoms with Gasteiger partial charge in [0.05, 0.1) is 0 Å². The minimum absolute atomic E-state index is 0.347. The minimum atomic E-state index is 0.347. The van der Waals surface area contributed by atoms with Crippen molar-refractivity contribution in [1.29, 1.82) is 0 Å². The van der Waals surface area contributed by atoms with Crippen LogP contribution >= 0.6 is 0 Å². The Balaban J connectivity index is 2.38. The molecule has 0 unspecified atom stereocenters. The summed E-state index contributed by atoms with van der Waals surface area (Å²) in [6.07, 6.45) is 1.57. The van der Waals surface area contributed by atoms with E-state index < -0.39 is 0 Å². The third-order valence-electron chi connectivity index (χ3n) is 2.73. The average molecular weight is 242 g/mol. The molecule has 2 aromatic rings. The van der Waals surface area contributed by atoms with Crippen LogP contribution in [0.4, 0.5) is 17.3 Å². The smallest absolute Gasteiger partial charge is 0.139 e. The molecule has 0 aliphatic carbocycles. The van der Waals surface area contributed by atoms with Crippen LogP contribution in [-0.4, -0.2) is 17.0 Å². The van der Waals surface area contributed by atoms with E-state index in [0.717, 1.165) is 22.9 Å². The molecule has 0 fully saturated rings. The molecule has 2 N–H and O–H groups in total. The van der Waals surface area contributed by atoms with Crippen molar-refractivity contribution in [2.24, 2.45) is 0 Å². The van der Waals surface area contributed by atoms with Gasteiger partial charge in [0, 0.05) is 18.3 Å². The average Bonchev–Trinajstić information content (AvgIpc) is 2.39. The summed E-state index contributed by atoms with van der Waals surface area (Å²) in [5, 5.41) is 6.45. The highest BCUT2D eigenvalue weighted by molar-refractivity contribution is 5.65. The fraction of sp³-hybridized carbons (Fsp3) is 0.286. The molecular formula is C14H18N4. The topological polar surface area (TPSA) is 49.8 Å². The SMILES string of the molecule is CNc1ncnc(Nc2ccccc2)c1C(C)C. The maximum absolute atomic E-state index is 4.34. The largest absolute Gasteiger partial charge is 0.373 e. The number of para-hydroxylation sites is 1. The van der Waals surface area contributed by atoms with E-state index in [1.54, 1.807) is 6.33 Å². The van der Waals surface area contributed by atoms with Gasteiger partial charge in [-0.1, -0.05) is 32.0 Å². The van der Waals surface area contributed by atoms with Crippen LogP contribution < -0.4 is 10.6 Å². The van der Waals surface area contributed by atoms with Crippen molar-refractivity contribution in [3.05, 3.63) is 42.2 Å². The zero-order chi connectivity index (χ0) is 13.0. The van der Waals surface area contributed by atoms with Gasteiger partial charge in [-0.25, -0.2) is 9.97 Å². The lowest BCUT2D eigenvalue weighted by atomic mass is 10.0. The van der Waals surface area contributed by atoms with E-state index >= 15 is 0 Å². The van der Waals surface area contributed by atoms with Crippen LogP contribution in [0.2, 0.25) is 0 Å². The Morgan fingerprint density at radius 2 is 1.67 bits per heavy atom. The van der Waals surface area contributed by atoms with Gasteiger partial charge in [-0.3, -0.25) is 0 Å². The van der Waals surface area contributed by atoms with E-state index in [1.807, 2.05) is 37.4 Å². The molecule has 1 heterocycles. The second-order valence-corrected chi connectivity index (χ2v) is 4.38. The Kier molecular flexibility index (Phi) is 3.77.